The second kappa shape index (κ2) is 7.44. The Morgan fingerprint density at radius 1 is 1.19 bits per heavy atom. The van der Waals surface area contributed by atoms with Crippen LogP contribution in [0.1, 0.15) is 22.5 Å². The Morgan fingerprint density at radius 3 is 2.62 bits per heavy atom. The van der Waals surface area contributed by atoms with Crippen LogP contribution in [0.5, 0.6) is 5.75 Å². The average Bonchev–Trinajstić information content (AvgIpc) is 2.89. The number of ether oxygens (including phenoxy) is 1. The number of hydrogen-bond donors (Lipinski definition) is 1. The van der Waals surface area contributed by atoms with Gasteiger partial charge in [0.1, 0.15) is 5.75 Å². The summed E-state index contributed by atoms with van der Waals surface area (Å²) in [6, 6.07) is 12.1. The van der Waals surface area contributed by atoms with Gasteiger partial charge in [0.25, 0.3) is 0 Å². The standard InChI is InChI=1S/C21H23N3O2/c1-14-20(15(2)24(3)23-14)9-10-21(25)22-13-16-5-6-18-12-19(26-4)8-7-17(18)11-16/h5-12H,13H2,1-4H3,(H,22,25)/b10-9+. The number of amides is 1. The molecule has 0 atom stereocenters. The minimum Gasteiger partial charge on any atom is -0.497 e. The first-order valence-corrected chi connectivity index (χ1v) is 8.50. The number of aryl methyl sites for hydroxylation is 2. The van der Waals surface area contributed by atoms with Crippen LogP contribution in [0, 0.1) is 13.8 Å². The van der Waals surface area contributed by atoms with Crippen LogP contribution >= 0.6 is 0 Å². The number of methoxy groups -OCH3 is 1. The maximum absolute atomic E-state index is 12.1. The summed E-state index contributed by atoms with van der Waals surface area (Å²) in [4.78, 5) is 12.1. The first-order chi connectivity index (χ1) is 12.5. The number of aromatic nitrogens is 2. The van der Waals surface area contributed by atoms with Gasteiger partial charge in [-0.1, -0.05) is 18.2 Å². The van der Waals surface area contributed by atoms with Crippen molar-refractivity contribution in [1.82, 2.24) is 15.1 Å². The van der Waals surface area contributed by atoms with E-state index in [1.807, 2.05) is 62.0 Å². The van der Waals surface area contributed by atoms with Crippen LogP contribution in [0.25, 0.3) is 16.8 Å². The second-order valence-corrected chi connectivity index (χ2v) is 6.31. The largest absolute Gasteiger partial charge is 0.497 e. The summed E-state index contributed by atoms with van der Waals surface area (Å²) in [7, 11) is 3.56. The normalized spacial score (nSPS) is 11.2. The smallest absolute Gasteiger partial charge is 0.244 e. The topological polar surface area (TPSA) is 56.1 Å². The van der Waals surface area contributed by atoms with E-state index in [1.54, 1.807) is 13.2 Å². The van der Waals surface area contributed by atoms with Gasteiger partial charge in [0, 0.05) is 30.9 Å². The summed E-state index contributed by atoms with van der Waals surface area (Å²) >= 11 is 0. The summed E-state index contributed by atoms with van der Waals surface area (Å²) in [5, 5.41) is 9.51. The van der Waals surface area contributed by atoms with Crippen molar-refractivity contribution in [2.24, 2.45) is 7.05 Å². The van der Waals surface area contributed by atoms with E-state index in [9.17, 15) is 4.79 Å². The molecule has 1 aromatic heterocycles. The van der Waals surface area contributed by atoms with Crippen molar-refractivity contribution in [3.05, 3.63) is 65.0 Å². The van der Waals surface area contributed by atoms with Crippen molar-refractivity contribution < 1.29 is 9.53 Å². The third kappa shape index (κ3) is 3.77. The molecule has 2 aromatic carbocycles. The Balaban J connectivity index is 1.65. The third-order valence-electron chi connectivity index (χ3n) is 4.54. The predicted octanol–water partition coefficient (Wildman–Crippen LogP) is 3.53. The monoisotopic (exact) mass is 349 g/mol. The van der Waals surface area contributed by atoms with E-state index in [1.165, 1.54) is 0 Å². The van der Waals surface area contributed by atoms with Gasteiger partial charge in [-0.25, -0.2) is 0 Å². The molecule has 26 heavy (non-hydrogen) atoms. The molecule has 0 aliphatic heterocycles. The highest BCUT2D eigenvalue weighted by molar-refractivity contribution is 5.92. The van der Waals surface area contributed by atoms with Crippen LogP contribution in [-0.2, 0) is 18.4 Å². The number of carbonyl (C=O) groups is 1. The highest BCUT2D eigenvalue weighted by Gasteiger charge is 2.06. The van der Waals surface area contributed by atoms with Crippen molar-refractivity contribution in [2.45, 2.75) is 20.4 Å². The van der Waals surface area contributed by atoms with Gasteiger partial charge in [0.05, 0.1) is 12.8 Å². The summed E-state index contributed by atoms with van der Waals surface area (Å²) in [6.07, 6.45) is 3.38. The molecule has 1 N–H and O–H groups in total. The van der Waals surface area contributed by atoms with Crippen LogP contribution in [-0.4, -0.2) is 22.8 Å². The van der Waals surface area contributed by atoms with Gasteiger partial charge >= 0.3 is 0 Å². The fourth-order valence-corrected chi connectivity index (χ4v) is 2.95. The van der Waals surface area contributed by atoms with E-state index in [0.717, 1.165) is 39.0 Å². The first kappa shape index (κ1) is 17.7. The highest BCUT2D eigenvalue weighted by Crippen LogP contribution is 2.21. The predicted molar refractivity (Wildman–Crippen MR) is 104 cm³/mol. The summed E-state index contributed by atoms with van der Waals surface area (Å²) in [5.74, 6) is 0.715. The Labute approximate surface area is 153 Å². The quantitative estimate of drug-likeness (QED) is 0.717. The van der Waals surface area contributed by atoms with Crippen molar-refractivity contribution in [3.8, 4) is 5.75 Å². The lowest BCUT2D eigenvalue weighted by molar-refractivity contribution is -0.116. The van der Waals surface area contributed by atoms with E-state index >= 15 is 0 Å². The maximum Gasteiger partial charge on any atom is 0.244 e. The second-order valence-electron chi connectivity index (χ2n) is 6.31. The average molecular weight is 349 g/mol. The van der Waals surface area contributed by atoms with Crippen LogP contribution in [0.15, 0.2) is 42.5 Å². The molecule has 3 aromatic rings. The molecule has 0 unspecified atom stereocenters. The molecule has 0 spiro atoms. The fraction of sp³-hybridized carbons (Fsp3) is 0.238. The zero-order valence-electron chi connectivity index (χ0n) is 15.5. The van der Waals surface area contributed by atoms with Crippen LogP contribution < -0.4 is 10.1 Å². The van der Waals surface area contributed by atoms with Gasteiger partial charge in [-0.2, -0.15) is 5.10 Å². The number of fused-ring (bicyclic) bond motifs is 1. The van der Waals surface area contributed by atoms with Gasteiger partial charge in [0.2, 0.25) is 5.91 Å². The molecular weight excluding hydrogens is 326 g/mol. The van der Waals surface area contributed by atoms with E-state index in [4.69, 9.17) is 4.74 Å². The molecule has 5 nitrogen and oxygen atoms in total. The molecule has 3 rings (SSSR count). The zero-order chi connectivity index (χ0) is 18.7. The van der Waals surface area contributed by atoms with Gasteiger partial charge in [0.15, 0.2) is 0 Å². The van der Waals surface area contributed by atoms with Crippen molar-refractivity contribution in [1.29, 1.82) is 0 Å². The van der Waals surface area contributed by atoms with Gasteiger partial charge in [-0.05, 0) is 54.5 Å². The lowest BCUT2D eigenvalue weighted by atomic mass is 10.1. The molecule has 0 saturated heterocycles. The Bertz CT molecular complexity index is 986. The molecular formula is C21H23N3O2. The number of carbonyl (C=O) groups excluding carboxylic acids is 1. The fourth-order valence-electron chi connectivity index (χ4n) is 2.95. The van der Waals surface area contributed by atoms with E-state index in [0.29, 0.717) is 6.54 Å². The first-order valence-electron chi connectivity index (χ1n) is 8.50. The molecule has 5 heteroatoms. The SMILES string of the molecule is COc1ccc2cc(CNC(=O)/C=C/c3c(C)nn(C)c3C)ccc2c1. The molecule has 0 bridgehead atoms. The van der Waals surface area contributed by atoms with Crippen LogP contribution in [0.4, 0.5) is 0 Å². The molecule has 0 aliphatic rings. The Kier molecular flexibility index (Phi) is 5.07. The number of nitrogens with zero attached hydrogens (tertiary/aromatic N) is 2. The van der Waals surface area contributed by atoms with Crippen LogP contribution in [0.2, 0.25) is 0 Å². The van der Waals surface area contributed by atoms with E-state index in [-0.39, 0.29) is 5.91 Å². The molecule has 0 aliphatic carbocycles. The zero-order valence-corrected chi connectivity index (χ0v) is 15.5. The number of benzene rings is 2. The number of nitrogens with one attached hydrogen (secondary N) is 1. The third-order valence-corrected chi connectivity index (χ3v) is 4.54. The summed E-state index contributed by atoms with van der Waals surface area (Å²) < 4.78 is 7.06. The molecule has 1 amide bonds. The lowest BCUT2D eigenvalue weighted by Gasteiger charge is -2.06. The Morgan fingerprint density at radius 2 is 1.92 bits per heavy atom. The lowest BCUT2D eigenvalue weighted by Crippen LogP contribution is -2.20. The Hall–Kier alpha value is -3.08. The molecule has 134 valence electrons. The molecule has 0 fully saturated rings. The van der Waals surface area contributed by atoms with Gasteiger partial charge < -0.3 is 10.1 Å². The van der Waals surface area contributed by atoms with E-state index < -0.39 is 0 Å². The molecule has 1 heterocycles. The minimum atomic E-state index is -0.123. The number of hydrogen-bond acceptors (Lipinski definition) is 3. The molecule has 0 saturated carbocycles. The summed E-state index contributed by atoms with van der Waals surface area (Å²) in [5.41, 5.74) is 4.00. The van der Waals surface area contributed by atoms with E-state index in [2.05, 4.69) is 16.5 Å². The minimum absolute atomic E-state index is 0.123. The summed E-state index contributed by atoms with van der Waals surface area (Å²) in [6.45, 7) is 4.41. The van der Waals surface area contributed by atoms with Crippen LogP contribution in [0.3, 0.4) is 0 Å². The van der Waals surface area contributed by atoms with Crippen molar-refractivity contribution in [2.75, 3.05) is 7.11 Å². The van der Waals surface area contributed by atoms with Crippen molar-refractivity contribution >= 4 is 22.8 Å². The van der Waals surface area contributed by atoms with Gasteiger partial charge in [-0.15, -0.1) is 0 Å². The molecule has 0 radical (unpaired) electrons. The van der Waals surface area contributed by atoms with Gasteiger partial charge in [-0.3, -0.25) is 9.48 Å². The number of rotatable bonds is 5. The highest BCUT2D eigenvalue weighted by atomic mass is 16.5. The van der Waals surface area contributed by atoms with Crippen molar-refractivity contribution in [3.63, 3.8) is 0 Å². The maximum atomic E-state index is 12.1.